The Labute approximate surface area is 148 Å². The van der Waals surface area contributed by atoms with Crippen LogP contribution in [0.3, 0.4) is 0 Å². The number of nitrogens with one attached hydrogen (secondary N) is 1. The van der Waals surface area contributed by atoms with Crippen LogP contribution in [0.4, 0.5) is 5.69 Å². The highest BCUT2D eigenvalue weighted by Crippen LogP contribution is 2.31. The molecule has 0 spiro atoms. The molecule has 6 nitrogen and oxygen atoms in total. The molecular formula is C19H26N2O4. The van der Waals surface area contributed by atoms with Crippen molar-refractivity contribution in [2.24, 2.45) is 5.92 Å². The van der Waals surface area contributed by atoms with E-state index in [-0.39, 0.29) is 24.8 Å². The largest absolute Gasteiger partial charge is 0.480 e. The maximum Gasteiger partial charge on any atom is 0.326 e. The monoisotopic (exact) mass is 346 g/mol. The molecule has 2 N–H and O–H groups in total. The summed E-state index contributed by atoms with van der Waals surface area (Å²) in [5, 5.41) is 11.8. The molecule has 1 heterocycles. The van der Waals surface area contributed by atoms with Crippen LogP contribution in [-0.4, -0.2) is 35.5 Å². The van der Waals surface area contributed by atoms with E-state index in [4.69, 9.17) is 0 Å². The van der Waals surface area contributed by atoms with Crippen LogP contribution < -0.4 is 10.2 Å². The van der Waals surface area contributed by atoms with Gasteiger partial charge in [0.05, 0.1) is 5.92 Å². The van der Waals surface area contributed by atoms with E-state index >= 15 is 0 Å². The summed E-state index contributed by atoms with van der Waals surface area (Å²) < 4.78 is 0. The van der Waals surface area contributed by atoms with Gasteiger partial charge in [0.15, 0.2) is 0 Å². The number of hydrogen-bond acceptors (Lipinski definition) is 3. The first-order valence-corrected chi connectivity index (χ1v) is 8.66. The van der Waals surface area contributed by atoms with Crippen molar-refractivity contribution in [2.45, 2.75) is 53.0 Å². The number of carboxylic acids is 1. The number of carbonyl (C=O) groups is 3. The second-order valence-electron chi connectivity index (χ2n) is 6.84. The molecular weight excluding hydrogens is 320 g/mol. The minimum atomic E-state index is -1.04. The average molecular weight is 346 g/mol. The van der Waals surface area contributed by atoms with Crippen molar-refractivity contribution in [2.75, 3.05) is 11.4 Å². The third-order valence-corrected chi connectivity index (χ3v) is 4.59. The lowest BCUT2D eigenvalue weighted by Gasteiger charge is -2.22. The van der Waals surface area contributed by atoms with Crippen molar-refractivity contribution in [1.29, 1.82) is 0 Å². The van der Waals surface area contributed by atoms with Crippen molar-refractivity contribution >= 4 is 23.5 Å². The fourth-order valence-corrected chi connectivity index (χ4v) is 3.53. The Balaban J connectivity index is 2.15. The van der Waals surface area contributed by atoms with E-state index in [1.54, 1.807) is 4.90 Å². The minimum Gasteiger partial charge on any atom is -0.480 e. The van der Waals surface area contributed by atoms with Crippen molar-refractivity contribution in [3.63, 3.8) is 0 Å². The summed E-state index contributed by atoms with van der Waals surface area (Å²) in [6.07, 6.45) is 1.15. The summed E-state index contributed by atoms with van der Waals surface area (Å²) in [5.41, 5.74) is 3.99. The Kier molecular flexibility index (Phi) is 5.82. The molecule has 1 aliphatic rings. The van der Waals surface area contributed by atoms with Crippen LogP contribution in [0.2, 0.25) is 0 Å². The van der Waals surface area contributed by atoms with Gasteiger partial charge >= 0.3 is 5.97 Å². The Hall–Kier alpha value is -2.37. The standard InChI is InChI=1S/C19H26N2O4/c1-5-6-15(19(24)25)20-18(23)14-9-16(22)21(10-14)17-12(3)7-11(2)8-13(17)4/h7-8,14-15H,5-6,9-10H2,1-4H3,(H,20,23)(H,24,25). The van der Waals surface area contributed by atoms with Crippen molar-refractivity contribution in [3.05, 3.63) is 28.8 Å². The number of hydrogen-bond donors (Lipinski definition) is 2. The molecule has 6 heteroatoms. The number of nitrogens with zero attached hydrogens (tertiary/aromatic N) is 1. The summed E-state index contributed by atoms with van der Waals surface area (Å²) in [6.45, 7) is 8.07. The molecule has 1 fully saturated rings. The van der Waals surface area contributed by atoms with E-state index in [0.29, 0.717) is 12.8 Å². The first-order valence-electron chi connectivity index (χ1n) is 8.66. The number of rotatable bonds is 6. The predicted molar refractivity (Wildman–Crippen MR) is 95.6 cm³/mol. The first kappa shape index (κ1) is 19.0. The molecule has 0 aromatic heterocycles. The van der Waals surface area contributed by atoms with Gasteiger partial charge < -0.3 is 15.3 Å². The number of aryl methyl sites for hydroxylation is 3. The van der Waals surface area contributed by atoms with Gasteiger partial charge in [0.25, 0.3) is 0 Å². The maximum atomic E-state index is 12.5. The van der Waals surface area contributed by atoms with Crippen LogP contribution in [0.15, 0.2) is 12.1 Å². The third-order valence-electron chi connectivity index (χ3n) is 4.59. The van der Waals surface area contributed by atoms with E-state index < -0.39 is 17.9 Å². The number of carbonyl (C=O) groups excluding carboxylic acids is 2. The number of anilines is 1. The highest BCUT2D eigenvalue weighted by molar-refractivity contribution is 6.01. The molecule has 2 rings (SSSR count). The van der Waals surface area contributed by atoms with Crippen LogP contribution in [0.5, 0.6) is 0 Å². The van der Waals surface area contributed by atoms with Gasteiger partial charge in [-0.05, 0) is 38.3 Å². The van der Waals surface area contributed by atoms with Crippen molar-refractivity contribution < 1.29 is 19.5 Å². The van der Waals surface area contributed by atoms with Crippen LogP contribution in [0.1, 0.15) is 42.9 Å². The molecule has 25 heavy (non-hydrogen) atoms. The molecule has 1 aromatic carbocycles. The molecule has 136 valence electrons. The van der Waals surface area contributed by atoms with E-state index in [0.717, 1.165) is 22.4 Å². The molecule has 1 saturated heterocycles. The highest BCUT2D eigenvalue weighted by atomic mass is 16.4. The number of aliphatic carboxylic acids is 1. The van der Waals surface area contributed by atoms with E-state index in [2.05, 4.69) is 5.32 Å². The fraction of sp³-hybridized carbons (Fsp3) is 0.526. The first-order chi connectivity index (χ1) is 11.7. The van der Waals surface area contributed by atoms with Gasteiger partial charge in [0.1, 0.15) is 6.04 Å². The third kappa shape index (κ3) is 4.18. The topological polar surface area (TPSA) is 86.7 Å². The van der Waals surface area contributed by atoms with Gasteiger partial charge in [-0.2, -0.15) is 0 Å². The zero-order chi connectivity index (χ0) is 18.7. The van der Waals surface area contributed by atoms with Crippen molar-refractivity contribution in [1.82, 2.24) is 5.32 Å². The minimum absolute atomic E-state index is 0.0995. The quantitative estimate of drug-likeness (QED) is 0.828. The summed E-state index contributed by atoms with van der Waals surface area (Å²) >= 11 is 0. The molecule has 0 bridgehead atoms. The predicted octanol–water partition coefficient (Wildman–Crippen LogP) is 2.33. The Bertz CT molecular complexity index is 676. The van der Waals surface area contributed by atoms with Gasteiger partial charge in [-0.15, -0.1) is 0 Å². The lowest BCUT2D eigenvalue weighted by Crippen LogP contribution is -2.44. The summed E-state index contributed by atoms with van der Waals surface area (Å²) in [6, 6.07) is 3.14. The lowest BCUT2D eigenvalue weighted by molar-refractivity contribution is -0.142. The molecule has 0 aliphatic carbocycles. The molecule has 1 aromatic rings. The zero-order valence-corrected chi connectivity index (χ0v) is 15.3. The lowest BCUT2D eigenvalue weighted by atomic mass is 10.0. The van der Waals surface area contributed by atoms with E-state index in [1.165, 1.54) is 0 Å². The normalized spacial score (nSPS) is 18.3. The molecule has 0 saturated carbocycles. The van der Waals surface area contributed by atoms with Gasteiger partial charge in [-0.25, -0.2) is 4.79 Å². The van der Waals surface area contributed by atoms with E-state index in [9.17, 15) is 19.5 Å². The van der Waals surface area contributed by atoms with E-state index in [1.807, 2.05) is 39.8 Å². The molecule has 2 unspecified atom stereocenters. The van der Waals surface area contributed by atoms with Crippen LogP contribution in [0.25, 0.3) is 0 Å². The van der Waals surface area contributed by atoms with Gasteiger partial charge in [0, 0.05) is 18.7 Å². The Morgan fingerprint density at radius 1 is 1.28 bits per heavy atom. The molecule has 0 radical (unpaired) electrons. The zero-order valence-electron chi connectivity index (χ0n) is 15.3. The maximum absolute atomic E-state index is 12.5. The van der Waals surface area contributed by atoms with Gasteiger partial charge in [-0.3, -0.25) is 9.59 Å². The van der Waals surface area contributed by atoms with Crippen LogP contribution in [-0.2, 0) is 14.4 Å². The molecule has 1 aliphatic heterocycles. The number of amides is 2. The number of carboxylic acid groups (broad SMARTS) is 1. The summed E-state index contributed by atoms with van der Waals surface area (Å²) in [7, 11) is 0. The molecule has 2 amide bonds. The van der Waals surface area contributed by atoms with Gasteiger partial charge in [0.2, 0.25) is 11.8 Å². The average Bonchev–Trinajstić information content (AvgIpc) is 2.87. The Morgan fingerprint density at radius 3 is 2.40 bits per heavy atom. The highest BCUT2D eigenvalue weighted by Gasteiger charge is 2.37. The van der Waals surface area contributed by atoms with Crippen molar-refractivity contribution in [3.8, 4) is 0 Å². The fourth-order valence-electron chi connectivity index (χ4n) is 3.53. The number of benzene rings is 1. The van der Waals surface area contributed by atoms with Gasteiger partial charge in [-0.1, -0.05) is 31.0 Å². The Morgan fingerprint density at radius 2 is 1.88 bits per heavy atom. The second-order valence-corrected chi connectivity index (χ2v) is 6.84. The molecule has 2 atom stereocenters. The van der Waals surface area contributed by atoms with Crippen LogP contribution >= 0.6 is 0 Å². The summed E-state index contributed by atoms with van der Waals surface area (Å²) in [5.74, 6) is -2.02. The SMILES string of the molecule is CCCC(NC(=O)C1CC(=O)N(c2c(C)cc(C)cc2C)C1)C(=O)O. The second kappa shape index (κ2) is 7.68. The summed E-state index contributed by atoms with van der Waals surface area (Å²) in [4.78, 5) is 37.8. The smallest absolute Gasteiger partial charge is 0.326 e. The van der Waals surface area contributed by atoms with Crippen LogP contribution in [0, 0.1) is 26.7 Å².